The fourth-order valence-corrected chi connectivity index (χ4v) is 6.20. The molecule has 1 saturated heterocycles. The summed E-state index contributed by atoms with van der Waals surface area (Å²) in [7, 11) is -2.09. The molecule has 0 bridgehead atoms. The number of hydrazine groups is 1. The summed E-state index contributed by atoms with van der Waals surface area (Å²) in [6.45, 7) is 6.79. The maximum Gasteiger partial charge on any atom is 0.264 e. The van der Waals surface area contributed by atoms with Gasteiger partial charge in [0.25, 0.3) is 10.0 Å². The Morgan fingerprint density at radius 2 is 1.75 bits per heavy atom. The van der Waals surface area contributed by atoms with Gasteiger partial charge in [-0.2, -0.15) is 0 Å². The molecular formula is C29H37N3O3S. The lowest BCUT2D eigenvalue weighted by molar-refractivity contribution is 0.0919. The molecule has 192 valence electrons. The highest BCUT2D eigenvalue weighted by molar-refractivity contribution is 7.92. The Morgan fingerprint density at radius 3 is 2.42 bits per heavy atom. The third-order valence-corrected chi connectivity index (χ3v) is 8.67. The van der Waals surface area contributed by atoms with Crippen LogP contribution in [0.15, 0.2) is 77.7 Å². The van der Waals surface area contributed by atoms with E-state index in [-0.39, 0.29) is 23.0 Å². The predicted molar refractivity (Wildman–Crippen MR) is 145 cm³/mol. The van der Waals surface area contributed by atoms with Gasteiger partial charge in [0.1, 0.15) is 5.75 Å². The van der Waals surface area contributed by atoms with Crippen LogP contribution in [-0.2, 0) is 16.4 Å². The van der Waals surface area contributed by atoms with Crippen molar-refractivity contribution in [1.29, 1.82) is 0 Å². The molecule has 36 heavy (non-hydrogen) atoms. The van der Waals surface area contributed by atoms with Crippen molar-refractivity contribution in [3.05, 3.63) is 89.5 Å². The highest BCUT2D eigenvalue weighted by Gasteiger charge is 2.32. The zero-order chi connectivity index (χ0) is 25.9. The highest BCUT2D eigenvalue weighted by Crippen LogP contribution is 2.39. The van der Waals surface area contributed by atoms with Crippen molar-refractivity contribution >= 4 is 15.7 Å². The van der Waals surface area contributed by atoms with Crippen molar-refractivity contribution in [3.8, 4) is 5.75 Å². The smallest absolute Gasteiger partial charge is 0.264 e. The van der Waals surface area contributed by atoms with Gasteiger partial charge in [-0.1, -0.05) is 48.0 Å². The molecule has 0 radical (unpaired) electrons. The predicted octanol–water partition coefficient (Wildman–Crippen LogP) is 5.48. The summed E-state index contributed by atoms with van der Waals surface area (Å²) in [5, 5.41) is 1.95. The molecule has 0 spiro atoms. The number of benzene rings is 3. The molecule has 0 aromatic heterocycles. The minimum Gasteiger partial charge on any atom is -0.491 e. The first-order valence-electron chi connectivity index (χ1n) is 12.6. The van der Waals surface area contributed by atoms with Crippen molar-refractivity contribution in [3.63, 3.8) is 0 Å². The summed E-state index contributed by atoms with van der Waals surface area (Å²) in [4.78, 5) is 0.273. The first-order valence-corrected chi connectivity index (χ1v) is 14.0. The van der Waals surface area contributed by atoms with Crippen LogP contribution in [0.1, 0.15) is 49.4 Å². The molecule has 3 aromatic carbocycles. The molecule has 4 rings (SSSR count). The minimum absolute atomic E-state index is 0.00547. The Bertz CT molecular complexity index is 1260. The molecule has 0 amide bonds. The number of sulfonamides is 1. The normalized spacial score (nSPS) is 18.8. The standard InChI is InChI=1S/C29H37N3O3S/c1-21(2)35-28-17-14-26(31(4)36(33,34)27-15-12-22(3)13-16-27)20-25(28)19-24-11-8-18-32(30)29(24)23-9-6-5-7-10-23/h5-7,9-10,12-17,20-21,24,29H,8,11,18-19,30H2,1-4H3/t24-,29+/m1/s1. The lowest BCUT2D eigenvalue weighted by Crippen LogP contribution is -2.44. The molecule has 2 N–H and O–H groups in total. The van der Waals surface area contributed by atoms with Gasteiger partial charge < -0.3 is 4.74 Å². The van der Waals surface area contributed by atoms with Gasteiger partial charge in [0.05, 0.1) is 22.7 Å². The molecule has 7 heteroatoms. The van der Waals surface area contributed by atoms with Crippen LogP contribution in [0.3, 0.4) is 0 Å². The largest absolute Gasteiger partial charge is 0.491 e. The van der Waals surface area contributed by atoms with Gasteiger partial charge in [0.2, 0.25) is 0 Å². The number of rotatable bonds is 8. The fourth-order valence-electron chi connectivity index (χ4n) is 5.01. The zero-order valence-electron chi connectivity index (χ0n) is 21.6. The van der Waals surface area contributed by atoms with E-state index in [2.05, 4.69) is 12.1 Å². The maximum absolute atomic E-state index is 13.4. The van der Waals surface area contributed by atoms with E-state index in [0.29, 0.717) is 5.69 Å². The molecular weight excluding hydrogens is 470 g/mol. The third-order valence-electron chi connectivity index (χ3n) is 6.87. The molecule has 6 nitrogen and oxygen atoms in total. The van der Waals surface area contributed by atoms with Crippen molar-refractivity contribution in [2.45, 2.75) is 57.1 Å². The van der Waals surface area contributed by atoms with Gasteiger partial charge in [-0.05, 0) is 87.4 Å². The average Bonchev–Trinajstić information content (AvgIpc) is 2.85. The van der Waals surface area contributed by atoms with Crippen LogP contribution in [0, 0.1) is 12.8 Å². The number of aryl methyl sites for hydroxylation is 1. The Kier molecular flexibility index (Phi) is 8.03. The first-order chi connectivity index (χ1) is 17.2. The monoisotopic (exact) mass is 507 g/mol. The Balaban J connectivity index is 1.69. The molecule has 1 fully saturated rings. The second-order valence-electron chi connectivity index (χ2n) is 9.94. The number of hydrogen-bond donors (Lipinski definition) is 1. The number of piperidine rings is 1. The van der Waals surface area contributed by atoms with Crippen LogP contribution in [0.2, 0.25) is 0 Å². The van der Waals surface area contributed by atoms with E-state index in [9.17, 15) is 8.42 Å². The first kappa shape index (κ1) is 26.2. The van der Waals surface area contributed by atoms with E-state index in [1.807, 2.05) is 74.3 Å². The number of anilines is 1. The number of ether oxygens (including phenoxy) is 1. The van der Waals surface area contributed by atoms with Gasteiger partial charge in [0, 0.05) is 13.6 Å². The van der Waals surface area contributed by atoms with E-state index in [4.69, 9.17) is 10.6 Å². The lowest BCUT2D eigenvalue weighted by atomic mass is 9.81. The SMILES string of the molecule is Cc1ccc(S(=O)(=O)N(C)c2ccc(OC(C)C)c(C[C@H]3CCCN(N)[C@H]3c3ccccc3)c2)cc1. The highest BCUT2D eigenvalue weighted by atomic mass is 32.2. The molecule has 1 aliphatic rings. The molecule has 0 saturated carbocycles. The van der Waals surface area contributed by atoms with Gasteiger partial charge in [-0.15, -0.1) is 0 Å². The van der Waals surface area contributed by atoms with Crippen molar-refractivity contribution in [1.82, 2.24) is 5.01 Å². The summed E-state index contributed by atoms with van der Waals surface area (Å²) < 4.78 is 34.2. The average molecular weight is 508 g/mol. The molecule has 1 heterocycles. The fraction of sp³-hybridized carbons (Fsp3) is 0.379. The van der Waals surface area contributed by atoms with Crippen molar-refractivity contribution in [2.24, 2.45) is 11.8 Å². The van der Waals surface area contributed by atoms with Gasteiger partial charge in [0.15, 0.2) is 0 Å². The van der Waals surface area contributed by atoms with Crippen LogP contribution in [0.4, 0.5) is 5.69 Å². The van der Waals surface area contributed by atoms with E-state index in [0.717, 1.165) is 42.7 Å². The second kappa shape index (κ2) is 11.0. The lowest BCUT2D eigenvalue weighted by Gasteiger charge is -2.39. The van der Waals surface area contributed by atoms with Crippen LogP contribution in [0.5, 0.6) is 5.75 Å². The van der Waals surface area contributed by atoms with Gasteiger partial charge in [-0.3, -0.25) is 10.1 Å². The summed E-state index contributed by atoms with van der Waals surface area (Å²) in [5.74, 6) is 7.56. The van der Waals surface area contributed by atoms with Crippen molar-refractivity contribution < 1.29 is 13.2 Å². The van der Waals surface area contributed by atoms with E-state index in [1.54, 1.807) is 19.2 Å². The maximum atomic E-state index is 13.4. The molecule has 0 unspecified atom stereocenters. The van der Waals surface area contributed by atoms with E-state index < -0.39 is 10.0 Å². The second-order valence-corrected chi connectivity index (χ2v) is 11.9. The molecule has 0 aliphatic carbocycles. The van der Waals surface area contributed by atoms with Gasteiger partial charge >= 0.3 is 0 Å². The van der Waals surface area contributed by atoms with E-state index in [1.165, 1.54) is 9.87 Å². The van der Waals surface area contributed by atoms with Crippen LogP contribution >= 0.6 is 0 Å². The van der Waals surface area contributed by atoms with Crippen molar-refractivity contribution in [2.75, 3.05) is 17.9 Å². The number of hydrogen-bond acceptors (Lipinski definition) is 5. The van der Waals surface area contributed by atoms with Crippen LogP contribution in [0.25, 0.3) is 0 Å². The third kappa shape index (κ3) is 5.75. The van der Waals surface area contributed by atoms with Gasteiger partial charge in [-0.25, -0.2) is 13.4 Å². The number of nitrogens with two attached hydrogens (primary N) is 1. The Morgan fingerprint density at radius 1 is 1.06 bits per heavy atom. The van der Waals surface area contributed by atoms with Crippen LogP contribution in [-0.4, -0.2) is 33.1 Å². The summed E-state index contributed by atoms with van der Waals surface area (Å²) >= 11 is 0. The van der Waals surface area contributed by atoms with E-state index >= 15 is 0 Å². The topological polar surface area (TPSA) is 75.9 Å². The summed E-state index contributed by atoms with van der Waals surface area (Å²) in [6.07, 6.45) is 2.80. The number of nitrogens with zero attached hydrogens (tertiary/aromatic N) is 2. The summed E-state index contributed by atoms with van der Waals surface area (Å²) in [5.41, 5.74) is 3.82. The molecule has 1 aliphatic heterocycles. The zero-order valence-corrected chi connectivity index (χ0v) is 22.4. The summed E-state index contributed by atoms with van der Waals surface area (Å²) in [6, 6.07) is 23.1. The quantitative estimate of drug-likeness (QED) is 0.409. The van der Waals surface area contributed by atoms with Crippen LogP contribution < -0.4 is 14.9 Å². The Labute approximate surface area is 215 Å². The molecule has 3 aromatic rings. The Hall–Kier alpha value is -2.87. The molecule has 2 atom stereocenters. The minimum atomic E-state index is -3.69.